The SMILES string of the molecule is CC(=O)CCC1CCCC(CNc2ccc3c(c2)C(=O)N(CCCN2CCC4=C(CCC=C4)C2)CC3)CC1. The Hall–Kier alpha value is -2.40. The summed E-state index contributed by atoms with van der Waals surface area (Å²) in [5.41, 5.74) is 6.38. The van der Waals surface area contributed by atoms with Crippen molar-refractivity contribution in [2.24, 2.45) is 11.8 Å². The van der Waals surface area contributed by atoms with Gasteiger partial charge in [-0.2, -0.15) is 0 Å². The van der Waals surface area contributed by atoms with Gasteiger partial charge >= 0.3 is 0 Å². The minimum absolute atomic E-state index is 0.207. The third-order valence-electron chi connectivity index (χ3n) is 9.39. The number of fused-ring (bicyclic) bond motifs is 1. The molecule has 4 aliphatic rings. The van der Waals surface area contributed by atoms with Gasteiger partial charge in [0.05, 0.1) is 0 Å². The molecule has 206 valence electrons. The summed E-state index contributed by atoms with van der Waals surface area (Å²) in [6.45, 7) is 7.72. The Bertz CT molecular complexity index is 1060. The predicted molar refractivity (Wildman–Crippen MR) is 156 cm³/mol. The minimum atomic E-state index is 0.207. The normalized spacial score (nSPS) is 24.1. The molecule has 0 radical (unpaired) electrons. The topological polar surface area (TPSA) is 52.7 Å². The van der Waals surface area contributed by atoms with Crippen LogP contribution in [0.2, 0.25) is 0 Å². The number of rotatable bonds is 10. The standard InChI is InChI=1S/C33H47N3O2/c1-25(37)10-11-26-6-4-7-27(13-12-26)23-34-31-15-14-29-17-21-36(33(38)32(29)22-31)19-5-18-35-20-16-28-8-2-3-9-30(28)24-35/h2,8,14-15,22,26-27,34H,3-7,9-13,16-21,23-24H2,1H3. The summed E-state index contributed by atoms with van der Waals surface area (Å²) in [5, 5.41) is 3.66. The number of Topliss-reactive ketones (excluding diaryl/α,β-unsaturated/α-hetero) is 1. The molecule has 5 rings (SSSR count). The molecule has 0 spiro atoms. The van der Waals surface area contributed by atoms with E-state index in [1.165, 1.54) is 56.9 Å². The van der Waals surface area contributed by atoms with E-state index in [4.69, 9.17) is 0 Å². The highest BCUT2D eigenvalue weighted by Crippen LogP contribution is 2.31. The Labute approximate surface area is 229 Å². The van der Waals surface area contributed by atoms with Crippen molar-refractivity contribution in [2.75, 3.05) is 44.6 Å². The summed E-state index contributed by atoms with van der Waals surface area (Å²) >= 11 is 0. The summed E-state index contributed by atoms with van der Waals surface area (Å²) in [7, 11) is 0. The number of hydrogen-bond donors (Lipinski definition) is 1. The zero-order valence-corrected chi connectivity index (χ0v) is 23.5. The maximum atomic E-state index is 13.4. The third kappa shape index (κ3) is 7.16. The largest absolute Gasteiger partial charge is 0.385 e. The van der Waals surface area contributed by atoms with Crippen molar-refractivity contribution in [3.63, 3.8) is 0 Å². The molecule has 1 N–H and O–H groups in total. The van der Waals surface area contributed by atoms with Gasteiger partial charge in [-0.05, 0) is 93.4 Å². The summed E-state index contributed by atoms with van der Waals surface area (Å²) < 4.78 is 0. The van der Waals surface area contributed by atoms with E-state index in [2.05, 4.69) is 45.5 Å². The molecule has 38 heavy (non-hydrogen) atoms. The second-order valence-electron chi connectivity index (χ2n) is 12.2. The molecule has 0 bridgehead atoms. The smallest absolute Gasteiger partial charge is 0.254 e. The number of anilines is 1. The van der Waals surface area contributed by atoms with E-state index in [1.807, 2.05) is 0 Å². The average molecular weight is 518 g/mol. The van der Waals surface area contributed by atoms with Gasteiger partial charge in [-0.15, -0.1) is 0 Å². The zero-order chi connectivity index (χ0) is 26.3. The first-order valence-electron chi connectivity index (χ1n) is 15.3. The fourth-order valence-corrected chi connectivity index (χ4v) is 6.97. The van der Waals surface area contributed by atoms with E-state index in [0.717, 1.165) is 76.2 Å². The molecule has 5 nitrogen and oxygen atoms in total. The molecule has 2 atom stereocenters. The minimum Gasteiger partial charge on any atom is -0.385 e. The van der Waals surface area contributed by atoms with Crippen LogP contribution in [0.4, 0.5) is 5.69 Å². The number of hydrogen-bond acceptors (Lipinski definition) is 4. The molecule has 2 heterocycles. The number of nitrogens with one attached hydrogen (secondary N) is 1. The molecule has 2 aliphatic carbocycles. The highest BCUT2D eigenvalue weighted by Gasteiger charge is 2.25. The van der Waals surface area contributed by atoms with Crippen molar-refractivity contribution in [2.45, 2.75) is 84.0 Å². The Morgan fingerprint density at radius 1 is 1.03 bits per heavy atom. The van der Waals surface area contributed by atoms with Crippen LogP contribution in [0.1, 0.15) is 93.5 Å². The lowest BCUT2D eigenvalue weighted by atomic mass is 9.92. The Kier molecular flexibility index (Phi) is 9.37. The number of carbonyl (C=O) groups is 2. The van der Waals surface area contributed by atoms with E-state index in [1.54, 1.807) is 18.1 Å². The van der Waals surface area contributed by atoms with E-state index in [-0.39, 0.29) is 5.91 Å². The molecule has 0 saturated heterocycles. The van der Waals surface area contributed by atoms with Gasteiger partial charge in [0.1, 0.15) is 5.78 Å². The highest BCUT2D eigenvalue weighted by atomic mass is 16.2. The van der Waals surface area contributed by atoms with Crippen molar-refractivity contribution in [3.05, 3.63) is 52.6 Å². The monoisotopic (exact) mass is 517 g/mol. The van der Waals surface area contributed by atoms with Gasteiger partial charge in [0.25, 0.3) is 5.91 Å². The first kappa shape index (κ1) is 27.2. The van der Waals surface area contributed by atoms with Crippen LogP contribution in [0.5, 0.6) is 0 Å². The number of carbonyl (C=O) groups excluding carboxylic acids is 2. The second kappa shape index (κ2) is 13.1. The van der Waals surface area contributed by atoms with Crippen molar-refractivity contribution in [3.8, 4) is 0 Å². The lowest BCUT2D eigenvalue weighted by molar-refractivity contribution is -0.117. The molecule has 2 aliphatic heterocycles. The maximum absolute atomic E-state index is 13.4. The number of amides is 1. The molecule has 2 unspecified atom stereocenters. The first-order valence-corrected chi connectivity index (χ1v) is 15.3. The summed E-state index contributed by atoms with van der Waals surface area (Å²) in [6, 6.07) is 6.43. The average Bonchev–Trinajstić information content (AvgIpc) is 3.17. The van der Waals surface area contributed by atoms with Gasteiger partial charge in [-0.3, -0.25) is 9.69 Å². The van der Waals surface area contributed by atoms with Crippen molar-refractivity contribution in [1.82, 2.24) is 9.80 Å². The molecule has 5 heteroatoms. The lowest BCUT2D eigenvalue weighted by Gasteiger charge is -2.33. The van der Waals surface area contributed by atoms with Crippen LogP contribution in [0.3, 0.4) is 0 Å². The first-order chi connectivity index (χ1) is 18.5. The molecular weight excluding hydrogens is 470 g/mol. The molecule has 0 aromatic heterocycles. The quantitative estimate of drug-likeness (QED) is 0.365. The van der Waals surface area contributed by atoms with Crippen LogP contribution in [0.25, 0.3) is 0 Å². The maximum Gasteiger partial charge on any atom is 0.254 e. The van der Waals surface area contributed by atoms with E-state index in [9.17, 15) is 9.59 Å². The van der Waals surface area contributed by atoms with E-state index < -0.39 is 0 Å². The number of benzene rings is 1. The van der Waals surface area contributed by atoms with Gasteiger partial charge in [0.15, 0.2) is 0 Å². The molecule has 1 aromatic rings. The van der Waals surface area contributed by atoms with Crippen LogP contribution in [-0.4, -0.2) is 60.8 Å². The van der Waals surface area contributed by atoms with Crippen molar-refractivity contribution >= 4 is 17.4 Å². The fraction of sp³-hybridized carbons (Fsp3) is 0.636. The summed E-state index contributed by atoms with van der Waals surface area (Å²) in [5.74, 6) is 1.92. The number of allylic oxidation sites excluding steroid dienone is 2. The Balaban J connectivity index is 1.08. The number of ketones is 1. The number of nitrogens with zero attached hydrogens (tertiary/aromatic N) is 2. The molecule has 1 fully saturated rings. The zero-order valence-electron chi connectivity index (χ0n) is 23.5. The van der Waals surface area contributed by atoms with Crippen LogP contribution in [0.15, 0.2) is 41.5 Å². The predicted octanol–water partition coefficient (Wildman–Crippen LogP) is 6.40. The highest BCUT2D eigenvalue weighted by molar-refractivity contribution is 5.97. The lowest BCUT2D eigenvalue weighted by Crippen LogP contribution is -2.40. The van der Waals surface area contributed by atoms with E-state index in [0.29, 0.717) is 17.6 Å². The third-order valence-corrected chi connectivity index (χ3v) is 9.39. The van der Waals surface area contributed by atoms with Crippen molar-refractivity contribution < 1.29 is 9.59 Å². The van der Waals surface area contributed by atoms with Gasteiger partial charge in [0.2, 0.25) is 0 Å². The van der Waals surface area contributed by atoms with Crippen LogP contribution in [0, 0.1) is 11.8 Å². The van der Waals surface area contributed by atoms with Crippen molar-refractivity contribution in [1.29, 1.82) is 0 Å². The summed E-state index contributed by atoms with van der Waals surface area (Å²) in [4.78, 5) is 29.4. The van der Waals surface area contributed by atoms with Crippen LogP contribution in [-0.2, 0) is 11.2 Å². The van der Waals surface area contributed by atoms with Gasteiger partial charge in [-0.1, -0.05) is 43.1 Å². The van der Waals surface area contributed by atoms with Gasteiger partial charge < -0.3 is 15.0 Å². The fourth-order valence-electron chi connectivity index (χ4n) is 6.97. The molecular formula is C33H47N3O2. The molecule has 1 saturated carbocycles. The Morgan fingerprint density at radius 2 is 1.89 bits per heavy atom. The van der Waals surface area contributed by atoms with Gasteiger partial charge in [-0.25, -0.2) is 0 Å². The Morgan fingerprint density at radius 3 is 2.79 bits per heavy atom. The van der Waals surface area contributed by atoms with Crippen LogP contribution >= 0.6 is 0 Å². The molecule has 1 aromatic carbocycles. The van der Waals surface area contributed by atoms with Gasteiger partial charge in [0, 0.05) is 56.9 Å². The second-order valence-corrected chi connectivity index (χ2v) is 12.2. The molecule has 1 amide bonds. The summed E-state index contributed by atoms with van der Waals surface area (Å²) in [6.07, 6.45) is 18.3. The van der Waals surface area contributed by atoms with E-state index >= 15 is 0 Å². The van der Waals surface area contributed by atoms with Crippen LogP contribution < -0.4 is 5.32 Å².